The molecule has 0 amide bonds. The van der Waals surface area contributed by atoms with Crippen LogP contribution in [0.25, 0.3) is 22.4 Å². The second kappa shape index (κ2) is 8.75. The van der Waals surface area contributed by atoms with Gasteiger partial charge in [-0.1, -0.05) is 48.5 Å². The fourth-order valence-corrected chi connectivity index (χ4v) is 3.20. The molecule has 1 heterocycles. The minimum Gasteiger partial charge on any atom is -0.488 e. The number of benzene rings is 3. The number of nitrogens with zero attached hydrogens (tertiary/aromatic N) is 2. The quantitative estimate of drug-likeness (QED) is 0.433. The highest BCUT2D eigenvalue weighted by Crippen LogP contribution is 2.33. The maximum atomic E-state index is 14.8. The topological polar surface area (TPSA) is 78.1 Å². The van der Waals surface area contributed by atoms with E-state index in [9.17, 15) is 9.18 Å². The van der Waals surface area contributed by atoms with Gasteiger partial charge in [-0.05, 0) is 36.2 Å². The van der Waals surface area contributed by atoms with Gasteiger partial charge in [-0.3, -0.25) is 9.78 Å². The van der Waals surface area contributed by atoms with Gasteiger partial charge in [0.15, 0.2) is 5.78 Å². The summed E-state index contributed by atoms with van der Waals surface area (Å²) in [6.45, 7) is 1.86. The number of nitrogens with two attached hydrogens (primary N) is 1. The van der Waals surface area contributed by atoms with Crippen LogP contribution in [-0.4, -0.2) is 15.8 Å². The molecule has 6 heteroatoms. The highest BCUT2D eigenvalue weighted by molar-refractivity contribution is 5.94. The Labute approximate surface area is 179 Å². The van der Waals surface area contributed by atoms with Crippen LogP contribution in [0.1, 0.15) is 22.8 Å². The third-order valence-corrected chi connectivity index (χ3v) is 4.87. The monoisotopic (exact) mass is 413 g/mol. The lowest BCUT2D eigenvalue weighted by Crippen LogP contribution is -1.99. The molecule has 2 N–H and O–H groups in total. The van der Waals surface area contributed by atoms with E-state index in [1.165, 1.54) is 25.4 Å². The van der Waals surface area contributed by atoms with Gasteiger partial charge in [-0.2, -0.15) is 0 Å². The zero-order valence-electron chi connectivity index (χ0n) is 16.9. The van der Waals surface area contributed by atoms with Crippen LogP contribution in [0, 0.1) is 5.82 Å². The van der Waals surface area contributed by atoms with Crippen LogP contribution in [0.4, 0.5) is 10.2 Å². The molecular formula is C25H20FN3O2. The summed E-state index contributed by atoms with van der Waals surface area (Å²) in [6.07, 6.45) is 2.84. The number of hydrogen-bond acceptors (Lipinski definition) is 5. The van der Waals surface area contributed by atoms with Crippen LogP contribution < -0.4 is 10.5 Å². The van der Waals surface area contributed by atoms with Gasteiger partial charge in [0.1, 0.15) is 24.0 Å². The van der Waals surface area contributed by atoms with Gasteiger partial charge < -0.3 is 10.5 Å². The molecule has 0 unspecified atom stereocenters. The summed E-state index contributed by atoms with van der Waals surface area (Å²) in [4.78, 5) is 19.5. The van der Waals surface area contributed by atoms with E-state index in [1.807, 2.05) is 42.5 Å². The zero-order chi connectivity index (χ0) is 21.8. The molecule has 31 heavy (non-hydrogen) atoms. The molecule has 0 aliphatic carbocycles. The van der Waals surface area contributed by atoms with Crippen molar-refractivity contribution >= 4 is 11.6 Å². The highest BCUT2D eigenvalue weighted by Gasteiger charge is 2.12. The molecule has 0 fully saturated rings. The van der Waals surface area contributed by atoms with Crippen molar-refractivity contribution in [3.05, 3.63) is 96.1 Å². The van der Waals surface area contributed by atoms with E-state index in [2.05, 4.69) is 9.97 Å². The van der Waals surface area contributed by atoms with Crippen LogP contribution in [-0.2, 0) is 6.61 Å². The Morgan fingerprint density at radius 1 is 0.968 bits per heavy atom. The number of ketones is 1. The number of Topliss-reactive ketones (excluding diaryl/α,β-unsaturated/α-hetero) is 1. The summed E-state index contributed by atoms with van der Waals surface area (Å²) >= 11 is 0. The van der Waals surface area contributed by atoms with Gasteiger partial charge in [-0.25, -0.2) is 9.37 Å². The van der Waals surface area contributed by atoms with Gasteiger partial charge >= 0.3 is 0 Å². The lowest BCUT2D eigenvalue weighted by atomic mass is 10.0. The van der Waals surface area contributed by atoms with Gasteiger partial charge in [0.2, 0.25) is 0 Å². The summed E-state index contributed by atoms with van der Waals surface area (Å²) < 4.78 is 20.8. The summed E-state index contributed by atoms with van der Waals surface area (Å²) in [5, 5.41) is 0. The van der Waals surface area contributed by atoms with Gasteiger partial charge in [0.25, 0.3) is 0 Å². The van der Waals surface area contributed by atoms with Crippen molar-refractivity contribution in [3.8, 4) is 28.1 Å². The van der Waals surface area contributed by atoms with Gasteiger partial charge in [0.05, 0.1) is 18.1 Å². The van der Waals surface area contributed by atoms with E-state index in [-0.39, 0.29) is 11.6 Å². The summed E-state index contributed by atoms with van der Waals surface area (Å²) in [6, 6.07) is 19.7. The first-order valence-corrected chi connectivity index (χ1v) is 9.71. The minimum atomic E-state index is -0.411. The molecule has 3 aromatic carbocycles. The van der Waals surface area contributed by atoms with Crippen LogP contribution in [0.3, 0.4) is 0 Å². The van der Waals surface area contributed by atoms with Crippen molar-refractivity contribution in [2.75, 3.05) is 5.73 Å². The fraction of sp³-hybridized carbons (Fsp3) is 0.0800. The Morgan fingerprint density at radius 3 is 2.42 bits per heavy atom. The summed E-state index contributed by atoms with van der Waals surface area (Å²) in [7, 11) is 0. The van der Waals surface area contributed by atoms with Crippen molar-refractivity contribution in [3.63, 3.8) is 0 Å². The Kier molecular flexibility index (Phi) is 5.71. The lowest BCUT2D eigenvalue weighted by molar-refractivity contribution is 0.101. The van der Waals surface area contributed by atoms with Crippen LogP contribution in [0.2, 0.25) is 0 Å². The minimum absolute atomic E-state index is 0.0215. The number of para-hydroxylation sites is 1. The molecule has 5 nitrogen and oxygen atoms in total. The third-order valence-electron chi connectivity index (χ3n) is 4.87. The normalized spacial score (nSPS) is 10.6. The average molecular weight is 413 g/mol. The van der Waals surface area contributed by atoms with Crippen molar-refractivity contribution in [2.24, 2.45) is 0 Å². The maximum Gasteiger partial charge on any atom is 0.159 e. The van der Waals surface area contributed by atoms with Crippen molar-refractivity contribution in [1.82, 2.24) is 9.97 Å². The molecule has 1 aromatic heterocycles. The zero-order valence-corrected chi connectivity index (χ0v) is 16.9. The third kappa shape index (κ3) is 4.59. The largest absolute Gasteiger partial charge is 0.488 e. The van der Waals surface area contributed by atoms with Gasteiger partial charge in [0, 0.05) is 16.7 Å². The highest BCUT2D eigenvalue weighted by atomic mass is 19.1. The molecular weight excluding hydrogens is 393 g/mol. The maximum absolute atomic E-state index is 14.8. The van der Waals surface area contributed by atoms with Crippen LogP contribution in [0.5, 0.6) is 5.75 Å². The second-order valence-electron chi connectivity index (χ2n) is 7.06. The molecule has 0 spiro atoms. The second-order valence-corrected chi connectivity index (χ2v) is 7.06. The Hall–Kier alpha value is -4.06. The first-order valence-electron chi connectivity index (χ1n) is 9.71. The Morgan fingerprint density at radius 2 is 1.74 bits per heavy atom. The molecule has 154 valence electrons. The molecule has 4 rings (SSSR count). The number of halogens is 1. The number of carbonyl (C=O) groups excluding carboxylic acids is 1. The lowest BCUT2D eigenvalue weighted by Gasteiger charge is -2.13. The molecule has 4 aromatic rings. The van der Waals surface area contributed by atoms with E-state index in [4.69, 9.17) is 10.5 Å². The fourth-order valence-electron chi connectivity index (χ4n) is 3.20. The number of hydrogen-bond donors (Lipinski definition) is 1. The number of aromatic nitrogens is 2. The van der Waals surface area contributed by atoms with E-state index in [1.54, 1.807) is 18.2 Å². The SMILES string of the molecule is CC(=O)c1ccc(COc2ccccc2-c2ccc(-c3cnc(N)cn3)c(F)c2)cc1. The van der Waals surface area contributed by atoms with Crippen LogP contribution >= 0.6 is 0 Å². The predicted octanol–water partition coefficient (Wildman–Crippen LogP) is 5.31. The summed E-state index contributed by atoms with van der Waals surface area (Å²) in [5.74, 6) is 0.528. The average Bonchev–Trinajstić information content (AvgIpc) is 2.79. The first-order chi connectivity index (χ1) is 15.0. The van der Waals surface area contributed by atoms with E-state index < -0.39 is 5.82 Å². The number of rotatable bonds is 6. The summed E-state index contributed by atoms with van der Waals surface area (Å²) in [5.41, 5.74) is 9.37. The van der Waals surface area contributed by atoms with Crippen LogP contribution in [0.15, 0.2) is 79.1 Å². The van der Waals surface area contributed by atoms with Gasteiger partial charge in [-0.15, -0.1) is 0 Å². The molecule has 0 aliphatic rings. The predicted molar refractivity (Wildman–Crippen MR) is 118 cm³/mol. The Balaban J connectivity index is 1.57. The molecule has 0 atom stereocenters. The molecule has 0 saturated carbocycles. The first kappa shape index (κ1) is 20.2. The van der Waals surface area contributed by atoms with E-state index in [0.29, 0.717) is 34.7 Å². The standard InChI is InChI=1S/C25H20FN3O2/c1-16(30)18-8-6-17(7-9-18)15-31-24-5-3-2-4-20(24)19-10-11-21(22(26)12-19)23-13-29-25(27)14-28-23/h2-14H,15H2,1H3,(H2,27,29). The molecule has 0 aliphatic heterocycles. The molecule has 0 saturated heterocycles. The number of carbonyl (C=O) groups is 1. The molecule has 0 radical (unpaired) electrons. The Bertz CT molecular complexity index is 1220. The number of ether oxygens (including phenoxy) is 1. The smallest absolute Gasteiger partial charge is 0.159 e. The van der Waals surface area contributed by atoms with Crippen molar-refractivity contribution in [2.45, 2.75) is 13.5 Å². The van der Waals surface area contributed by atoms with E-state index >= 15 is 0 Å². The number of nitrogen functional groups attached to an aromatic ring is 1. The molecule has 0 bridgehead atoms. The van der Waals surface area contributed by atoms with Crippen molar-refractivity contribution in [1.29, 1.82) is 0 Å². The number of anilines is 1. The van der Waals surface area contributed by atoms with E-state index in [0.717, 1.165) is 11.1 Å². The van der Waals surface area contributed by atoms with Crippen molar-refractivity contribution < 1.29 is 13.9 Å².